The van der Waals surface area contributed by atoms with Gasteiger partial charge in [-0.15, -0.1) is 0 Å². The summed E-state index contributed by atoms with van der Waals surface area (Å²) >= 11 is -3.05. The fourth-order valence-corrected chi connectivity index (χ4v) is 70.7. The average molecular weight is 709 g/mol. The molecule has 2 bridgehead atoms. The molecule has 2 aliphatic carbocycles. The second-order valence-electron chi connectivity index (χ2n) is 11.8. The van der Waals surface area contributed by atoms with Crippen LogP contribution in [-0.2, 0) is 17.5 Å². The van der Waals surface area contributed by atoms with Crippen LogP contribution < -0.4 is 24.8 Å². The summed E-state index contributed by atoms with van der Waals surface area (Å²) in [6, 6.07) is 36.7. The van der Waals surface area contributed by atoms with Crippen molar-refractivity contribution in [2.45, 2.75) is 33.9 Å². The van der Waals surface area contributed by atoms with Crippen LogP contribution >= 0.6 is 0 Å². The average Bonchev–Trinajstić information content (AvgIpc) is 3.79. The summed E-state index contributed by atoms with van der Waals surface area (Å²) in [5.74, 6) is 0. The molecule has 0 nitrogen and oxygen atoms in total. The van der Waals surface area contributed by atoms with Crippen LogP contribution in [0.2, 0.25) is 0 Å². The van der Waals surface area contributed by atoms with Gasteiger partial charge in [0.2, 0.25) is 0 Å². The van der Waals surface area contributed by atoms with Crippen molar-refractivity contribution in [2.75, 3.05) is 0 Å². The summed E-state index contributed by atoms with van der Waals surface area (Å²) in [5.41, 5.74) is 25.2. The Balaban J connectivity index is 0.00000165. The van der Waals surface area contributed by atoms with Gasteiger partial charge in [-0.05, 0) is 0 Å². The molecule has 0 saturated heterocycles. The maximum atomic E-state index is 2.77. The monoisotopic (exact) mass is 706 g/mol. The number of benzene rings is 4. The van der Waals surface area contributed by atoms with E-state index in [1.807, 2.05) is 0 Å². The summed E-state index contributed by atoms with van der Waals surface area (Å²) in [5, 5.41) is 0. The normalized spacial score (nSPS) is 18.4. The largest absolute Gasteiger partial charge is 1.00 e. The van der Waals surface area contributed by atoms with Gasteiger partial charge in [0.1, 0.15) is 0 Å². The van der Waals surface area contributed by atoms with Gasteiger partial charge in [0.15, 0.2) is 0 Å². The molecular formula is C38H34Cl2Si2Zr. The summed E-state index contributed by atoms with van der Waals surface area (Å²) < 4.78 is 1.35. The molecule has 8 rings (SSSR count). The molecule has 2 heterocycles. The van der Waals surface area contributed by atoms with E-state index in [1.54, 1.807) is 22.3 Å². The third-order valence-corrected chi connectivity index (χ3v) is 58.6. The Kier molecular flexibility index (Phi) is 8.77. The SMILES string of the molecule is CCC1=Cc2c(-c3ccccc3)cccc2[CH]1[Zr+2]1([CH]2C(CC)=Cc3c(-c4ccccc4)cccc32)=[Si]2C=C[Si]=1C=C2.[Cl-].[Cl-]. The molecule has 0 amide bonds. The molecule has 2 unspecified atom stereocenters. The number of hydrogen-bond donors (Lipinski definition) is 0. The van der Waals surface area contributed by atoms with E-state index in [0.717, 1.165) is 12.8 Å². The summed E-state index contributed by atoms with van der Waals surface area (Å²) in [4.78, 5) is 0. The van der Waals surface area contributed by atoms with E-state index in [2.05, 4.69) is 146 Å². The van der Waals surface area contributed by atoms with E-state index in [-0.39, 0.29) is 24.8 Å². The van der Waals surface area contributed by atoms with Crippen LogP contribution in [0.3, 0.4) is 0 Å². The number of halogens is 2. The second kappa shape index (κ2) is 12.3. The van der Waals surface area contributed by atoms with Crippen molar-refractivity contribution in [1.29, 1.82) is 0 Å². The van der Waals surface area contributed by atoms with Crippen LogP contribution in [0.1, 0.15) is 56.2 Å². The van der Waals surface area contributed by atoms with E-state index >= 15 is 0 Å². The molecular weight excluding hydrogens is 675 g/mol. The molecule has 2 aliphatic heterocycles. The fourth-order valence-electron chi connectivity index (χ4n) is 8.38. The molecule has 0 aromatic heterocycles. The zero-order valence-electron chi connectivity index (χ0n) is 24.5. The first-order valence-corrected chi connectivity index (χ1v) is 28.7. The van der Waals surface area contributed by atoms with Crippen molar-refractivity contribution in [3.63, 3.8) is 0 Å². The molecule has 0 N–H and O–H groups in total. The third kappa shape index (κ3) is 4.53. The molecule has 4 aliphatic rings. The molecule has 4 aromatic rings. The van der Waals surface area contributed by atoms with Crippen molar-refractivity contribution in [2.24, 2.45) is 0 Å². The number of rotatable bonds is 6. The van der Waals surface area contributed by atoms with Crippen molar-refractivity contribution in [1.82, 2.24) is 0 Å². The van der Waals surface area contributed by atoms with Gasteiger partial charge in [0.25, 0.3) is 0 Å². The van der Waals surface area contributed by atoms with Gasteiger partial charge in [0, 0.05) is 0 Å². The van der Waals surface area contributed by atoms with Crippen molar-refractivity contribution in [3.8, 4) is 22.3 Å². The number of hydrogen-bond acceptors (Lipinski definition) is 0. The van der Waals surface area contributed by atoms with Crippen LogP contribution in [0.5, 0.6) is 0 Å². The maximum Gasteiger partial charge on any atom is -1.00 e. The first kappa shape index (κ1) is 30.7. The zero-order valence-corrected chi connectivity index (χ0v) is 30.5. The predicted octanol–water partition coefficient (Wildman–Crippen LogP) is 3.86. The fraction of sp³-hybridized carbons (Fsp3) is 0.158. The Labute approximate surface area is 272 Å². The van der Waals surface area contributed by atoms with E-state index < -0.39 is 28.4 Å². The molecule has 43 heavy (non-hydrogen) atoms. The zero-order chi connectivity index (χ0) is 27.6. The third-order valence-electron chi connectivity index (χ3n) is 10.0. The molecule has 4 aromatic carbocycles. The van der Waals surface area contributed by atoms with Crippen LogP contribution in [0.25, 0.3) is 34.4 Å². The molecule has 0 saturated carbocycles. The predicted molar refractivity (Wildman–Crippen MR) is 176 cm³/mol. The second-order valence-corrected chi connectivity index (χ2v) is 43.3. The van der Waals surface area contributed by atoms with Crippen molar-refractivity contribution >= 4 is 23.0 Å². The number of allylic oxidation sites excluding steroid dienone is 2. The van der Waals surface area contributed by atoms with E-state index in [0.29, 0.717) is 7.25 Å². The smallest absolute Gasteiger partial charge is 1.00 e. The Hall–Kier alpha value is -2.26. The Morgan fingerprint density at radius 1 is 0.512 bits per heavy atom. The Morgan fingerprint density at radius 2 is 0.907 bits per heavy atom. The van der Waals surface area contributed by atoms with Gasteiger partial charge in [-0.2, -0.15) is 0 Å². The minimum absolute atomic E-state index is 0. The Bertz CT molecular complexity index is 1830. The number of fused-ring (bicyclic) bond motifs is 2. The standard InChI is InChI=1S/2C17H15.C4H4Si2.2ClH.Zr/c2*1-2-13-11-15-9-6-10-16(17(15)12-13)14-7-4-3-5-8-14;1-2-6-4-3-5-1;;;/h2*3-12H,2H2,1H3;1-4H;2*1H;/q;;;;;+2/p-2. The van der Waals surface area contributed by atoms with Gasteiger partial charge in [-0.1, -0.05) is 0 Å². The molecule has 5 heteroatoms. The van der Waals surface area contributed by atoms with E-state index in [9.17, 15) is 0 Å². The van der Waals surface area contributed by atoms with Crippen LogP contribution in [0, 0.1) is 0 Å². The quantitative estimate of drug-likeness (QED) is 0.267. The van der Waals surface area contributed by atoms with Gasteiger partial charge < -0.3 is 24.8 Å². The topological polar surface area (TPSA) is 0 Å². The molecule has 2 atom stereocenters. The minimum Gasteiger partial charge on any atom is -1.00 e. The summed E-state index contributed by atoms with van der Waals surface area (Å²) in [6.07, 6.45) is 7.61. The van der Waals surface area contributed by atoms with Crippen molar-refractivity contribution < 1.29 is 42.3 Å². The van der Waals surface area contributed by atoms with Crippen molar-refractivity contribution in [3.05, 3.63) is 153 Å². The molecule has 212 valence electrons. The first-order valence-electron chi connectivity index (χ1n) is 15.1. The van der Waals surface area contributed by atoms with Gasteiger partial charge in [0.05, 0.1) is 0 Å². The summed E-state index contributed by atoms with van der Waals surface area (Å²) in [6.45, 7) is 4.84. The molecule has 0 fully saturated rings. The van der Waals surface area contributed by atoms with Gasteiger partial charge >= 0.3 is 250 Å². The molecule has 0 radical (unpaired) electrons. The summed E-state index contributed by atoms with van der Waals surface area (Å²) in [7, 11) is 0. The molecule has 0 spiro atoms. The Morgan fingerprint density at radius 3 is 1.28 bits per heavy atom. The van der Waals surface area contributed by atoms with Gasteiger partial charge in [-0.25, -0.2) is 0 Å². The van der Waals surface area contributed by atoms with E-state index in [4.69, 9.17) is 0 Å². The minimum atomic E-state index is -3.05. The van der Waals surface area contributed by atoms with Crippen LogP contribution in [0.15, 0.2) is 131 Å². The maximum absolute atomic E-state index is 3.05. The van der Waals surface area contributed by atoms with E-state index in [1.165, 1.54) is 33.4 Å². The van der Waals surface area contributed by atoms with Crippen LogP contribution in [0.4, 0.5) is 0 Å². The first-order chi connectivity index (χ1) is 20.3. The van der Waals surface area contributed by atoms with Crippen LogP contribution in [-0.4, -0.2) is 10.9 Å². The van der Waals surface area contributed by atoms with Gasteiger partial charge in [-0.3, -0.25) is 0 Å².